The number of thiazole rings is 1. The van der Waals surface area contributed by atoms with Crippen LogP contribution in [0.25, 0.3) is 11.3 Å². The van der Waals surface area contributed by atoms with Crippen LogP contribution in [-0.4, -0.2) is 10.9 Å². The zero-order valence-electron chi connectivity index (χ0n) is 15.5. The molecule has 0 aliphatic rings. The Hall–Kier alpha value is -2.46. The average Bonchev–Trinajstić information content (AvgIpc) is 3.10. The number of rotatable bonds is 6. The van der Waals surface area contributed by atoms with Crippen LogP contribution in [0.3, 0.4) is 0 Å². The van der Waals surface area contributed by atoms with E-state index in [4.69, 9.17) is 0 Å². The summed E-state index contributed by atoms with van der Waals surface area (Å²) in [5, 5.41) is 5.68. The lowest BCUT2D eigenvalue weighted by atomic mass is 9.94. The van der Waals surface area contributed by atoms with E-state index in [2.05, 4.69) is 49.3 Å². The van der Waals surface area contributed by atoms with Crippen molar-refractivity contribution in [1.82, 2.24) is 4.98 Å². The highest BCUT2D eigenvalue weighted by Crippen LogP contribution is 2.29. The molecule has 3 nitrogen and oxygen atoms in total. The summed E-state index contributed by atoms with van der Waals surface area (Å²) in [6.07, 6.45) is 1.78. The predicted molar refractivity (Wildman–Crippen MR) is 110 cm³/mol. The topological polar surface area (TPSA) is 42.0 Å². The van der Waals surface area contributed by atoms with Crippen LogP contribution in [0.2, 0.25) is 0 Å². The number of carbonyl (C=O) groups excluding carboxylic acids is 1. The molecule has 0 fully saturated rings. The van der Waals surface area contributed by atoms with Crippen molar-refractivity contribution < 1.29 is 4.79 Å². The summed E-state index contributed by atoms with van der Waals surface area (Å²) in [6, 6.07) is 16.3. The Morgan fingerprint density at radius 3 is 2.65 bits per heavy atom. The molecule has 1 N–H and O–H groups in total. The molecule has 2 aromatic carbocycles. The summed E-state index contributed by atoms with van der Waals surface area (Å²) in [5.41, 5.74) is 5.48. The van der Waals surface area contributed by atoms with Gasteiger partial charge in [0.2, 0.25) is 5.91 Å². The van der Waals surface area contributed by atoms with Gasteiger partial charge in [-0.25, -0.2) is 4.98 Å². The number of hydrogen-bond donors (Lipinski definition) is 1. The summed E-state index contributed by atoms with van der Waals surface area (Å²) >= 11 is 1.47. The highest BCUT2D eigenvalue weighted by atomic mass is 32.1. The number of nitrogens with one attached hydrogen (secondary N) is 1. The highest BCUT2D eigenvalue weighted by molar-refractivity contribution is 7.14. The van der Waals surface area contributed by atoms with Crippen molar-refractivity contribution >= 4 is 22.4 Å². The minimum atomic E-state index is -0.144. The molecule has 134 valence electrons. The van der Waals surface area contributed by atoms with E-state index in [1.165, 1.54) is 22.5 Å². The van der Waals surface area contributed by atoms with Crippen molar-refractivity contribution in [1.29, 1.82) is 0 Å². The fraction of sp³-hybridized carbons (Fsp3) is 0.273. The van der Waals surface area contributed by atoms with Gasteiger partial charge in [-0.1, -0.05) is 61.4 Å². The molecule has 4 heteroatoms. The van der Waals surface area contributed by atoms with E-state index in [1.807, 2.05) is 35.7 Å². The van der Waals surface area contributed by atoms with E-state index in [9.17, 15) is 4.79 Å². The number of aromatic nitrogens is 1. The second-order valence-electron chi connectivity index (χ2n) is 6.60. The molecule has 0 spiro atoms. The minimum absolute atomic E-state index is 0.0138. The number of hydrogen-bond acceptors (Lipinski definition) is 3. The van der Waals surface area contributed by atoms with E-state index in [1.54, 1.807) is 0 Å². The van der Waals surface area contributed by atoms with Crippen LogP contribution >= 0.6 is 11.3 Å². The van der Waals surface area contributed by atoms with Crippen LogP contribution in [0.1, 0.15) is 42.4 Å². The summed E-state index contributed by atoms with van der Waals surface area (Å²) in [4.78, 5) is 17.5. The maximum Gasteiger partial charge on any atom is 0.233 e. The molecular weight excluding hydrogens is 340 g/mol. The van der Waals surface area contributed by atoms with Crippen molar-refractivity contribution in [2.24, 2.45) is 0 Å². The molecule has 1 atom stereocenters. The van der Waals surface area contributed by atoms with Crippen LogP contribution < -0.4 is 5.32 Å². The Morgan fingerprint density at radius 2 is 1.92 bits per heavy atom. The largest absolute Gasteiger partial charge is 0.301 e. The molecule has 1 amide bonds. The van der Waals surface area contributed by atoms with Gasteiger partial charge >= 0.3 is 0 Å². The van der Waals surface area contributed by atoms with Crippen molar-refractivity contribution in [3.8, 4) is 11.3 Å². The van der Waals surface area contributed by atoms with Crippen LogP contribution in [0.4, 0.5) is 5.13 Å². The summed E-state index contributed by atoms with van der Waals surface area (Å²) in [7, 11) is 0. The number of benzene rings is 2. The lowest BCUT2D eigenvalue weighted by molar-refractivity contribution is -0.117. The number of carbonyl (C=O) groups is 1. The maximum absolute atomic E-state index is 12.8. The first-order valence-electron chi connectivity index (χ1n) is 8.97. The number of anilines is 1. The zero-order valence-corrected chi connectivity index (χ0v) is 16.3. The van der Waals surface area contributed by atoms with Gasteiger partial charge in [-0.2, -0.15) is 0 Å². The molecule has 0 aliphatic heterocycles. The first-order valence-corrected chi connectivity index (χ1v) is 9.85. The van der Waals surface area contributed by atoms with Crippen molar-refractivity contribution in [3.63, 3.8) is 0 Å². The van der Waals surface area contributed by atoms with Gasteiger partial charge in [0.1, 0.15) is 0 Å². The molecule has 3 rings (SSSR count). The summed E-state index contributed by atoms with van der Waals surface area (Å²) in [6.45, 7) is 6.26. The van der Waals surface area contributed by atoms with Crippen LogP contribution in [-0.2, 0) is 4.79 Å². The number of nitrogens with zero attached hydrogens (tertiary/aromatic N) is 1. The molecule has 1 unspecified atom stereocenters. The lowest BCUT2D eigenvalue weighted by Crippen LogP contribution is -2.21. The molecular formula is C22H24N2OS. The second kappa shape index (κ2) is 8.28. The Bertz CT molecular complexity index is 886. The first kappa shape index (κ1) is 18.3. The van der Waals surface area contributed by atoms with E-state index in [0.717, 1.165) is 29.7 Å². The molecule has 0 aliphatic carbocycles. The minimum Gasteiger partial charge on any atom is -0.301 e. The van der Waals surface area contributed by atoms with Gasteiger partial charge in [0.15, 0.2) is 5.13 Å². The fourth-order valence-corrected chi connectivity index (χ4v) is 3.80. The predicted octanol–water partition coefficient (Wildman–Crippen LogP) is 5.95. The molecule has 1 heterocycles. The monoisotopic (exact) mass is 364 g/mol. The number of aryl methyl sites for hydroxylation is 2. The number of amides is 1. The SMILES string of the molecule is CCCC(C(=O)Nc1nc(-c2cc(C)ccc2C)cs1)c1ccccc1. The van der Waals surface area contributed by atoms with Gasteiger partial charge in [0.25, 0.3) is 0 Å². The molecule has 0 saturated heterocycles. The standard InChI is InChI=1S/C22H24N2OS/c1-4-8-18(17-9-6-5-7-10-17)21(25)24-22-23-20(14-26-22)19-13-15(2)11-12-16(19)3/h5-7,9-14,18H,4,8H2,1-3H3,(H,23,24,25). The van der Waals surface area contributed by atoms with Gasteiger partial charge in [-0.05, 0) is 37.5 Å². The van der Waals surface area contributed by atoms with E-state index in [0.29, 0.717) is 5.13 Å². The normalized spacial score (nSPS) is 12.0. The third-order valence-corrected chi connectivity index (χ3v) is 5.26. The van der Waals surface area contributed by atoms with Crippen molar-refractivity contribution in [2.75, 3.05) is 5.32 Å². The maximum atomic E-state index is 12.8. The van der Waals surface area contributed by atoms with E-state index >= 15 is 0 Å². The molecule has 0 saturated carbocycles. The molecule has 1 aromatic heterocycles. The van der Waals surface area contributed by atoms with Crippen molar-refractivity contribution in [3.05, 3.63) is 70.6 Å². The van der Waals surface area contributed by atoms with Gasteiger partial charge in [0.05, 0.1) is 11.6 Å². The van der Waals surface area contributed by atoms with Gasteiger partial charge in [-0.3, -0.25) is 4.79 Å². The fourth-order valence-electron chi connectivity index (χ4n) is 3.08. The molecule has 3 aromatic rings. The second-order valence-corrected chi connectivity index (χ2v) is 7.46. The third-order valence-electron chi connectivity index (χ3n) is 4.50. The van der Waals surface area contributed by atoms with E-state index < -0.39 is 0 Å². The zero-order chi connectivity index (χ0) is 18.5. The van der Waals surface area contributed by atoms with E-state index in [-0.39, 0.29) is 11.8 Å². The molecule has 0 bridgehead atoms. The van der Waals surface area contributed by atoms with Crippen LogP contribution in [0.5, 0.6) is 0 Å². The Kier molecular flexibility index (Phi) is 5.84. The summed E-state index contributed by atoms with van der Waals surface area (Å²) in [5.74, 6) is -0.130. The quantitative estimate of drug-likeness (QED) is 0.587. The molecule has 26 heavy (non-hydrogen) atoms. The Morgan fingerprint density at radius 1 is 1.15 bits per heavy atom. The Balaban J connectivity index is 1.79. The third kappa shape index (κ3) is 4.20. The Labute approximate surface area is 159 Å². The van der Waals surface area contributed by atoms with Gasteiger partial charge in [-0.15, -0.1) is 11.3 Å². The lowest BCUT2D eigenvalue weighted by Gasteiger charge is -2.15. The van der Waals surface area contributed by atoms with Crippen LogP contribution in [0, 0.1) is 13.8 Å². The average molecular weight is 365 g/mol. The van der Waals surface area contributed by atoms with Gasteiger partial charge < -0.3 is 5.32 Å². The summed E-state index contributed by atoms with van der Waals surface area (Å²) < 4.78 is 0. The van der Waals surface area contributed by atoms with Crippen LogP contribution in [0.15, 0.2) is 53.9 Å². The van der Waals surface area contributed by atoms with Crippen molar-refractivity contribution in [2.45, 2.75) is 39.5 Å². The molecule has 0 radical (unpaired) electrons. The highest BCUT2D eigenvalue weighted by Gasteiger charge is 2.21. The van der Waals surface area contributed by atoms with Gasteiger partial charge in [0, 0.05) is 10.9 Å². The first-order chi connectivity index (χ1) is 12.6. The smallest absolute Gasteiger partial charge is 0.233 e.